The van der Waals surface area contributed by atoms with Gasteiger partial charge >= 0.3 is 12.1 Å². The molecule has 1 atom stereocenters. The van der Waals surface area contributed by atoms with Gasteiger partial charge in [0.1, 0.15) is 11.2 Å². The third-order valence-electron chi connectivity index (χ3n) is 4.09. The van der Waals surface area contributed by atoms with E-state index < -0.39 is 39.1 Å². The normalized spacial score (nSPS) is 22.1. The van der Waals surface area contributed by atoms with Gasteiger partial charge in [0.05, 0.1) is 16.3 Å². The van der Waals surface area contributed by atoms with Gasteiger partial charge in [-0.25, -0.2) is 18.4 Å². The lowest BCUT2D eigenvalue weighted by Gasteiger charge is -2.24. The van der Waals surface area contributed by atoms with E-state index in [0.717, 1.165) is 6.08 Å². The quantitative estimate of drug-likeness (QED) is 0.421. The summed E-state index contributed by atoms with van der Waals surface area (Å²) in [5.41, 5.74) is -1.99. The first kappa shape index (κ1) is 21.9. The van der Waals surface area contributed by atoms with Gasteiger partial charge in [-0.15, -0.1) is 5.11 Å². The van der Waals surface area contributed by atoms with Crippen LogP contribution in [-0.4, -0.2) is 42.9 Å². The minimum atomic E-state index is -5.88. The predicted molar refractivity (Wildman–Crippen MR) is 101 cm³/mol. The number of aliphatic imine (C=N–C) groups is 2. The van der Waals surface area contributed by atoms with Gasteiger partial charge in [0.15, 0.2) is 9.84 Å². The molecule has 0 aromatic carbocycles. The van der Waals surface area contributed by atoms with Crippen LogP contribution < -0.4 is 0 Å². The van der Waals surface area contributed by atoms with Crippen LogP contribution >= 0.6 is 22.6 Å². The topological polar surface area (TPSA) is 96.5 Å². The van der Waals surface area contributed by atoms with Gasteiger partial charge in [0.25, 0.3) is 0 Å². The van der Waals surface area contributed by atoms with E-state index in [2.05, 4.69) is 25.2 Å². The van der Waals surface area contributed by atoms with Crippen LogP contribution in [0.1, 0.15) is 19.5 Å². The molecule has 0 saturated heterocycles. The van der Waals surface area contributed by atoms with Crippen LogP contribution in [0.2, 0.25) is 0 Å². The summed E-state index contributed by atoms with van der Waals surface area (Å²) in [5.74, 6) is -7.79. The molecular formula is C15H11F5IN5O2S. The summed E-state index contributed by atoms with van der Waals surface area (Å²) < 4.78 is 90.3. The molecule has 2 aliphatic rings. The molecule has 1 aromatic rings. The number of amidine groups is 2. The minimum absolute atomic E-state index is 0.0544. The zero-order valence-corrected chi connectivity index (χ0v) is 17.6. The molecule has 0 bridgehead atoms. The number of hydrogen-bond acceptors (Lipinski definition) is 7. The highest BCUT2D eigenvalue weighted by Crippen LogP contribution is 2.41. The van der Waals surface area contributed by atoms with Crippen molar-refractivity contribution in [2.24, 2.45) is 20.2 Å². The lowest BCUT2D eigenvalue weighted by Crippen LogP contribution is -2.42. The average Bonchev–Trinajstić information content (AvgIpc) is 3.04. The first-order valence-corrected chi connectivity index (χ1v) is 10.6. The van der Waals surface area contributed by atoms with Crippen LogP contribution in [0.4, 0.5) is 22.0 Å². The number of azo groups is 1. The molecule has 0 fully saturated rings. The van der Waals surface area contributed by atoms with Crippen molar-refractivity contribution in [2.75, 3.05) is 5.75 Å². The molecule has 3 heterocycles. The molecule has 7 nitrogen and oxygen atoms in total. The van der Waals surface area contributed by atoms with Crippen molar-refractivity contribution in [2.45, 2.75) is 36.4 Å². The smallest absolute Gasteiger partial charge is 0.256 e. The Hall–Kier alpha value is -1.84. The van der Waals surface area contributed by atoms with E-state index in [0.29, 0.717) is 3.57 Å². The van der Waals surface area contributed by atoms with Crippen LogP contribution in [0.15, 0.2) is 49.1 Å². The van der Waals surface area contributed by atoms with Crippen molar-refractivity contribution < 1.29 is 30.4 Å². The van der Waals surface area contributed by atoms with Crippen LogP contribution in [-0.2, 0) is 15.4 Å². The van der Waals surface area contributed by atoms with Gasteiger partial charge in [-0.05, 0) is 41.7 Å². The third-order valence-corrected chi connectivity index (χ3v) is 6.42. The van der Waals surface area contributed by atoms with E-state index in [1.54, 1.807) is 0 Å². The highest BCUT2D eigenvalue weighted by Gasteiger charge is 2.63. The summed E-state index contributed by atoms with van der Waals surface area (Å²) in [6.07, 6.45) is -3.40. The first-order valence-electron chi connectivity index (χ1n) is 7.88. The van der Waals surface area contributed by atoms with E-state index >= 15 is 0 Å². The maximum absolute atomic E-state index is 13.5. The van der Waals surface area contributed by atoms with Crippen LogP contribution in [0, 0.1) is 3.57 Å². The monoisotopic (exact) mass is 547 g/mol. The van der Waals surface area contributed by atoms with Gasteiger partial charge in [-0.2, -0.15) is 27.1 Å². The van der Waals surface area contributed by atoms with Crippen molar-refractivity contribution >= 4 is 44.1 Å². The van der Waals surface area contributed by atoms with Gasteiger partial charge in [-0.3, -0.25) is 4.98 Å². The van der Waals surface area contributed by atoms with Gasteiger partial charge in [0, 0.05) is 9.77 Å². The Balaban J connectivity index is 2.13. The molecule has 0 spiro atoms. The third kappa shape index (κ3) is 3.71. The van der Waals surface area contributed by atoms with E-state index in [-0.39, 0.29) is 22.0 Å². The maximum Gasteiger partial charge on any atom is 0.461 e. The van der Waals surface area contributed by atoms with Crippen molar-refractivity contribution in [3.63, 3.8) is 0 Å². The van der Waals surface area contributed by atoms with Crippen molar-refractivity contribution in [1.29, 1.82) is 0 Å². The number of pyridine rings is 1. The summed E-state index contributed by atoms with van der Waals surface area (Å²) in [6.45, 7) is 2.82. The number of hydrogen-bond donors (Lipinski definition) is 0. The van der Waals surface area contributed by atoms with Crippen molar-refractivity contribution in [3.05, 3.63) is 33.3 Å². The molecule has 29 heavy (non-hydrogen) atoms. The van der Waals surface area contributed by atoms with E-state index in [1.807, 2.05) is 22.6 Å². The number of halogens is 6. The second kappa shape index (κ2) is 6.85. The number of rotatable bonds is 4. The fourth-order valence-corrected chi connectivity index (χ4v) is 4.37. The molecule has 14 heteroatoms. The summed E-state index contributed by atoms with van der Waals surface area (Å²) in [7, 11) is -3.75. The molecule has 0 saturated carbocycles. The van der Waals surface area contributed by atoms with E-state index in [9.17, 15) is 30.4 Å². The summed E-state index contributed by atoms with van der Waals surface area (Å²) >= 11 is 1.87. The summed E-state index contributed by atoms with van der Waals surface area (Å²) in [4.78, 5) is 10.4. The predicted octanol–water partition coefficient (Wildman–Crippen LogP) is 4.05. The Labute approximate surface area is 175 Å². The lowest BCUT2D eigenvalue weighted by atomic mass is 9.95. The second-order valence-corrected chi connectivity index (χ2v) is 9.72. The Morgan fingerprint density at radius 2 is 1.83 bits per heavy atom. The number of fused-ring (bicyclic) bond motifs is 1. The van der Waals surface area contributed by atoms with E-state index in [4.69, 9.17) is 0 Å². The molecule has 1 aromatic heterocycles. The zero-order chi connectivity index (χ0) is 21.8. The number of aromatic nitrogens is 1. The lowest BCUT2D eigenvalue weighted by molar-refractivity contribution is -0.249. The second-order valence-electron chi connectivity index (χ2n) is 6.22. The number of nitrogens with zero attached hydrogens (tertiary/aromatic N) is 5. The summed E-state index contributed by atoms with van der Waals surface area (Å²) in [6, 6.07) is 1.37. The van der Waals surface area contributed by atoms with Gasteiger partial charge < -0.3 is 0 Å². The molecule has 2 aliphatic heterocycles. The maximum atomic E-state index is 13.5. The Bertz CT molecular complexity index is 1110. The molecule has 0 aliphatic carbocycles. The van der Waals surface area contributed by atoms with Gasteiger partial charge in [-0.1, -0.05) is 6.92 Å². The Kier molecular flexibility index (Phi) is 5.16. The average molecular weight is 547 g/mol. The van der Waals surface area contributed by atoms with Crippen LogP contribution in [0.5, 0.6) is 0 Å². The SMILES string of the molecule is CCS(=O)(=O)c1cc(I)cnc1C1(C)C=C2N=C(C(F)(F)C(F)(F)F)N=C2N=N1. The number of sulfone groups is 1. The summed E-state index contributed by atoms with van der Waals surface area (Å²) in [5, 5.41) is 7.47. The minimum Gasteiger partial charge on any atom is -0.256 e. The van der Waals surface area contributed by atoms with Crippen molar-refractivity contribution in [3.8, 4) is 0 Å². The molecule has 0 N–H and O–H groups in total. The zero-order valence-electron chi connectivity index (χ0n) is 14.7. The molecule has 3 rings (SSSR count). The Morgan fingerprint density at radius 1 is 1.17 bits per heavy atom. The van der Waals surface area contributed by atoms with Gasteiger partial charge in [0.2, 0.25) is 11.7 Å². The highest BCUT2D eigenvalue weighted by atomic mass is 127. The number of alkyl halides is 5. The Morgan fingerprint density at radius 3 is 2.41 bits per heavy atom. The highest BCUT2D eigenvalue weighted by molar-refractivity contribution is 14.1. The fraction of sp³-hybridized carbons (Fsp3) is 0.400. The van der Waals surface area contributed by atoms with Crippen LogP contribution in [0.25, 0.3) is 0 Å². The van der Waals surface area contributed by atoms with E-state index in [1.165, 1.54) is 26.1 Å². The fourth-order valence-electron chi connectivity index (χ4n) is 2.54. The molecule has 0 amide bonds. The standard InChI is InChI=1S/C15H11F5IN5O2S/c1-3-29(27,28)9-4-7(21)6-22-10(9)13(2)5-8-11(25-26-13)24-12(23-8)14(16,17)15(18,19)20/h4-6H,3H2,1-2H3. The molecular weight excluding hydrogens is 536 g/mol. The first-order chi connectivity index (χ1) is 13.2. The molecule has 1 unspecified atom stereocenters. The molecule has 156 valence electrons. The van der Waals surface area contributed by atoms with Crippen LogP contribution in [0.3, 0.4) is 0 Å². The largest absolute Gasteiger partial charge is 0.461 e. The van der Waals surface area contributed by atoms with Crippen molar-refractivity contribution in [1.82, 2.24) is 4.98 Å². The molecule has 0 radical (unpaired) electrons.